The van der Waals surface area contributed by atoms with Gasteiger partial charge in [-0.05, 0) is 38.6 Å². The van der Waals surface area contributed by atoms with Crippen molar-refractivity contribution in [1.82, 2.24) is 15.2 Å². The van der Waals surface area contributed by atoms with Gasteiger partial charge in [0.1, 0.15) is 0 Å². The molecule has 1 aliphatic rings. The molecule has 1 amide bonds. The van der Waals surface area contributed by atoms with Crippen LogP contribution in [0, 0.1) is 6.92 Å². The lowest BCUT2D eigenvalue weighted by Gasteiger charge is -2.18. The molecule has 1 aromatic heterocycles. The molecule has 8 heteroatoms. The van der Waals surface area contributed by atoms with Gasteiger partial charge in [-0.3, -0.25) is 9.69 Å². The molecule has 0 radical (unpaired) electrons. The van der Waals surface area contributed by atoms with Crippen LogP contribution in [0.4, 0.5) is 5.69 Å². The molecular formula is C17H24Cl2N4OS. The van der Waals surface area contributed by atoms with Gasteiger partial charge in [0.2, 0.25) is 5.91 Å². The molecule has 0 aliphatic carbocycles. The lowest BCUT2D eigenvalue weighted by molar-refractivity contribution is -0.117. The summed E-state index contributed by atoms with van der Waals surface area (Å²) in [6, 6.07) is 7.88. The zero-order valence-electron chi connectivity index (χ0n) is 14.2. The van der Waals surface area contributed by atoms with Gasteiger partial charge in [-0.15, -0.1) is 36.2 Å². The predicted molar refractivity (Wildman–Crippen MR) is 109 cm³/mol. The standard InChI is InChI=1S/C17H22N4OS.2ClH/c1-13-19-16(12-23-13)14-4-2-5-15(10-14)20-17(22)11-21-8-3-6-18-7-9-21;;/h2,4-5,10,12,18H,3,6-9,11H2,1H3,(H,20,22);2*1H. The average Bonchev–Trinajstić information content (AvgIpc) is 2.81. The number of hydrogen-bond acceptors (Lipinski definition) is 5. The SMILES string of the molecule is Cc1nc(-c2cccc(NC(=O)CN3CCCNCC3)c2)cs1.Cl.Cl. The first-order valence-electron chi connectivity index (χ1n) is 7.96. The number of halogens is 2. The summed E-state index contributed by atoms with van der Waals surface area (Å²) < 4.78 is 0. The number of hydrogen-bond donors (Lipinski definition) is 2. The van der Waals surface area contributed by atoms with Crippen LogP contribution in [-0.4, -0.2) is 48.5 Å². The van der Waals surface area contributed by atoms with E-state index in [2.05, 4.69) is 20.5 Å². The molecule has 1 saturated heterocycles. The first-order valence-corrected chi connectivity index (χ1v) is 8.84. The molecule has 2 N–H and O–H groups in total. The van der Waals surface area contributed by atoms with Crippen molar-refractivity contribution < 1.29 is 4.79 Å². The summed E-state index contributed by atoms with van der Waals surface area (Å²) in [4.78, 5) is 19.0. The van der Waals surface area contributed by atoms with Crippen molar-refractivity contribution in [2.45, 2.75) is 13.3 Å². The topological polar surface area (TPSA) is 57.3 Å². The van der Waals surface area contributed by atoms with Crippen LogP contribution in [0.15, 0.2) is 29.6 Å². The van der Waals surface area contributed by atoms with Gasteiger partial charge < -0.3 is 10.6 Å². The second kappa shape index (κ2) is 10.7. The minimum absolute atomic E-state index is 0. The maximum Gasteiger partial charge on any atom is 0.238 e. The Morgan fingerprint density at radius 2 is 2.16 bits per heavy atom. The predicted octanol–water partition coefficient (Wildman–Crippen LogP) is 3.20. The van der Waals surface area contributed by atoms with E-state index in [4.69, 9.17) is 0 Å². The van der Waals surface area contributed by atoms with Crippen molar-refractivity contribution in [2.24, 2.45) is 0 Å². The van der Waals surface area contributed by atoms with Crippen molar-refractivity contribution in [3.63, 3.8) is 0 Å². The zero-order valence-corrected chi connectivity index (χ0v) is 16.6. The normalized spacial score (nSPS) is 14.8. The number of aryl methyl sites for hydroxylation is 1. The van der Waals surface area contributed by atoms with Gasteiger partial charge in [0.25, 0.3) is 0 Å². The van der Waals surface area contributed by atoms with Crippen molar-refractivity contribution in [2.75, 3.05) is 38.0 Å². The van der Waals surface area contributed by atoms with E-state index in [1.807, 2.05) is 36.6 Å². The molecule has 1 aliphatic heterocycles. The number of aromatic nitrogens is 1. The first-order chi connectivity index (χ1) is 11.2. The maximum absolute atomic E-state index is 12.3. The van der Waals surface area contributed by atoms with Gasteiger partial charge in [-0.1, -0.05) is 12.1 Å². The Hall–Kier alpha value is -1.18. The Kier molecular flexibility index (Phi) is 9.38. The van der Waals surface area contributed by atoms with Crippen LogP contribution in [0.5, 0.6) is 0 Å². The van der Waals surface area contributed by atoms with Gasteiger partial charge in [-0.2, -0.15) is 0 Å². The van der Waals surface area contributed by atoms with Crippen LogP contribution in [0.25, 0.3) is 11.3 Å². The maximum atomic E-state index is 12.3. The van der Waals surface area contributed by atoms with Gasteiger partial charge in [-0.25, -0.2) is 4.98 Å². The Balaban J connectivity index is 0.00000156. The Labute approximate surface area is 165 Å². The molecule has 2 heterocycles. The van der Waals surface area contributed by atoms with Gasteiger partial charge in [0.05, 0.1) is 17.2 Å². The van der Waals surface area contributed by atoms with Crippen molar-refractivity contribution in [3.8, 4) is 11.3 Å². The molecule has 0 saturated carbocycles. The van der Waals surface area contributed by atoms with Crippen LogP contribution < -0.4 is 10.6 Å². The number of thiazole rings is 1. The minimum atomic E-state index is 0. The molecule has 25 heavy (non-hydrogen) atoms. The highest BCUT2D eigenvalue weighted by molar-refractivity contribution is 7.09. The number of rotatable bonds is 4. The Morgan fingerprint density at radius 3 is 2.92 bits per heavy atom. The summed E-state index contributed by atoms with van der Waals surface area (Å²) in [6.07, 6.45) is 1.09. The van der Waals surface area contributed by atoms with E-state index in [-0.39, 0.29) is 30.7 Å². The molecule has 138 valence electrons. The number of benzene rings is 1. The van der Waals surface area contributed by atoms with E-state index in [1.54, 1.807) is 11.3 Å². The average molecular weight is 403 g/mol. The summed E-state index contributed by atoms with van der Waals surface area (Å²) in [5, 5.41) is 9.44. The third-order valence-corrected chi connectivity index (χ3v) is 4.63. The molecule has 3 rings (SSSR count). The molecule has 0 atom stereocenters. The number of nitrogens with one attached hydrogen (secondary N) is 2. The molecule has 2 aromatic rings. The van der Waals surface area contributed by atoms with E-state index >= 15 is 0 Å². The highest BCUT2D eigenvalue weighted by Gasteiger charge is 2.13. The number of carbonyl (C=O) groups excluding carboxylic acids is 1. The molecule has 5 nitrogen and oxygen atoms in total. The fraction of sp³-hybridized carbons (Fsp3) is 0.412. The van der Waals surface area contributed by atoms with Crippen molar-refractivity contribution in [3.05, 3.63) is 34.7 Å². The lowest BCUT2D eigenvalue weighted by atomic mass is 10.1. The van der Waals surface area contributed by atoms with E-state index in [0.717, 1.165) is 54.6 Å². The minimum Gasteiger partial charge on any atom is -0.325 e. The highest BCUT2D eigenvalue weighted by Crippen LogP contribution is 2.24. The van der Waals surface area contributed by atoms with E-state index < -0.39 is 0 Å². The summed E-state index contributed by atoms with van der Waals surface area (Å²) in [6.45, 7) is 6.32. The molecule has 0 unspecified atom stereocenters. The van der Waals surface area contributed by atoms with Crippen LogP contribution >= 0.6 is 36.2 Å². The van der Waals surface area contributed by atoms with E-state index in [1.165, 1.54) is 0 Å². The molecule has 1 aromatic carbocycles. The van der Waals surface area contributed by atoms with E-state index in [9.17, 15) is 4.79 Å². The fourth-order valence-electron chi connectivity index (χ4n) is 2.72. The Bertz CT molecular complexity index is 672. The fourth-order valence-corrected chi connectivity index (χ4v) is 3.34. The third-order valence-electron chi connectivity index (χ3n) is 3.86. The lowest BCUT2D eigenvalue weighted by Crippen LogP contribution is -2.35. The second-order valence-electron chi connectivity index (χ2n) is 5.76. The smallest absolute Gasteiger partial charge is 0.238 e. The van der Waals surface area contributed by atoms with Crippen molar-refractivity contribution in [1.29, 1.82) is 0 Å². The molecular weight excluding hydrogens is 379 g/mol. The summed E-state index contributed by atoms with van der Waals surface area (Å²) in [5.41, 5.74) is 2.82. The van der Waals surface area contributed by atoms with Crippen molar-refractivity contribution >= 4 is 47.7 Å². The first kappa shape index (κ1) is 21.9. The molecule has 0 spiro atoms. The van der Waals surface area contributed by atoms with Gasteiger partial charge in [0, 0.05) is 29.7 Å². The number of carbonyl (C=O) groups is 1. The largest absolute Gasteiger partial charge is 0.325 e. The van der Waals surface area contributed by atoms with Crippen LogP contribution in [0.3, 0.4) is 0 Å². The quantitative estimate of drug-likeness (QED) is 0.823. The van der Waals surface area contributed by atoms with E-state index in [0.29, 0.717) is 6.54 Å². The van der Waals surface area contributed by atoms with Gasteiger partial charge in [0.15, 0.2) is 0 Å². The van der Waals surface area contributed by atoms with Crippen LogP contribution in [0.1, 0.15) is 11.4 Å². The molecule has 1 fully saturated rings. The summed E-state index contributed by atoms with van der Waals surface area (Å²) in [7, 11) is 0. The Morgan fingerprint density at radius 1 is 1.32 bits per heavy atom. The number of nitrogens with zero attached hydrogens (tertiary/aromatic N) is 2. The van der Waals surface area contributed by atoms with Crippen LogP contribution in [0.2, 0.25) is 0 Å². The van der Waals surface area contributed by atoms with Gasteiger partial charge >= 0.3 is 0 Å². The molecule has 0 bridgehead atoms. The monoisotopic (exact) mass is 402 g/mol. The number of anilines is 1. The number of amides is 1. The summed E-state index contributed by atoms with van der Waals surface area (Å²) in [5.74, 6) is 0.0403. The zero-order chi connectivity index (χ0) is 16.1. The summed E-state index contributed by atoms with van der Waals surface area (Å²) >= 11 is 1.63. The second-order valence-corrected chi connectivity index (χ2v) is 6.82. The highest BCUT2D eigenvalue weighted by atomic mass is 35.5. The van der Waals surface area contributed by atoms with Crippen LogP contribution in [-0.2, 0) is 4.79 Å². The third kappa shape index (κ3) is 6.56.